The number of likely N-dealkylation sites (tertiary alicyclic amines) is 1. The molecule has 1 aromatic heterocycles. The lowest BCUT2D eigenvalue weighted by molar-refractivity contribution is 0.148. The first kappa shape index (κ1) is 18.3. The minimum Gasteiger partial charge on any atom is -0.395 e. The maximum absolute atomic E-state index is 9.58. The fraction of sp³-hybridized carbons (Fsp3) is 0.429. The molecule has 0 radical (unpaired) electrons. The minimum absolute atomic E-state index is 0.277. The molecule has 2 heterocycles. The summed E-state index contributed by atoms with van der Waals surface area (Å²) in [5, 5.41) is 15.4. The van der Waals surface area contributed by atoms with Crippen LogP contribution in [-0.4, -0.2) is 48.3 Å². The van der Waals surface area contributed by atoms with E-state index in [1.54, 1.807) is 0 Å². The Labute approximate surface area is 155 Å². The highest BCUT2D eigenvalue weighted by Gasteiger charge is 2.26. The van der Waals surface area contributed by atoms with Gasteiger partial charge in [-0.15, -0.1) is 11.3 Å². The highest BCUT2D eigenvalue weighted by atomic mass is 32.1. The molecule has 1 fully saturated rings. The summed E-state index contributed by atoms with van der Waals surface area (Å²) in [6, 6.07) is 15.5. The van der Waals surface area contributed by atoms with Crippen molar-refractivity contribution in [3.63, 3.8) is 0 Å². The van der Waals surface area contributed by atoms with Crippen LogP contribution in [0.15, 0.2) is 53.9 Å². The Morgan fingerprint density at radius 2 is 2.12 bits per heavy atom. The summed E-state index contributed by atoms with van der Waals surface area (Å²) < 4.78 is 0. The van der Waals surface area contributed by atoms with Crippen molar-refractivity contribution >= 4 is 17.4 Å². The third-order valence-corrected chi connectivity index (χ3v) is 5.73. The standard InChI is InChI=1S/C21H28N2OS/c24-17-20-10-5-13-23(20)16-19(15-21-11-6-14-25-21)22-12-4-9-18-7-2-1-3-8-18/h1-4,6-9,11,14,19-20,22,24H,5,10,12-13,15-17H2/b9-4+. The summed E-state index contributed by atoms with van der Waals surface area (Å²) in [4.78, 5) is 3.87. The van der Waals surface area contributed by atoms with Gasteiger partial charge in [-0.2, -0.15) is 0 Å². The van der Waals surface area contributed by atoms with E-state index in [4.69, 9.17) is 0 Å². The smallest absolute Gasteiger partial charge is 0.0586 e. The van der Waals surface area contributed by atoms with Crippen LogP contribution in [0.4, 0.5) is 0 Å². The second kappa shape index (κ2) is 9.88. The number of thiophene rings is 1. The van der Waals surface area contributed by atoms with E-state index in [2.05, 4.69) is 64.1 Å². The molecule has 1 aliphatic rings. The number of rotatable bonds is 9. The summed E-state index contributed by atoms with van der Waals surface area (Å²) in [5.74, 6) is 0. The SMILES string of the molecule is OCC1CCCN1CC(Cc1cccs1)NC/C=C/c1ccccc1. The maximum Gasteiger partial charge on any atom is 0.0586 e. The molecular formula is C21H28N2OS. The molecule has 1 saturated heterocycles. The highest BCUT2D eigenvalue weighted by molar-refractivity contribution is 7.09. The van der Waals surface area contributed by atoms with E-state index in [-0.39, 0.29) is 6.61 Å². The average molecular weight is 357 g/mol. The van der Waals surface area contributed by atoms with Gasteiger partial charge in [-0.25, -0.2) is 0 Å². The molecule has 2 N–H and O–H groups in total. The van der Waals surface area contributed by atoms with Crippen LogP contribution < -0.4 is 5.32 Å². The lowest BCUT2D eigenvalue weighted by Crippen LogP contribution is -2.45. The molecule has 0 amide bonds. The van der Waals surface area contributed by atoms with E-state index in [9.17, 15) is 5.11 Å². The van der Waals surface area contributed by atoms with Crippen molar-refractivity contribution in [1.29, 1.82) is 0 Å². The first-order valence-corrected chi connectivity index (χ1v) is 10.1. The second-order valence-electron chi connectivity index (χ2n) is 6.68. The Bertz CT molecular complexity index is 627. The Morgan fingerprint density at radius 1 is 1.24 bits per heavy atom. The molecule has 0 saturated carbocycles. The van der Waals surface area contributed by atoms with E-state index >= 15 is 0 Å². The Morgan fingerprint density at radius 3 is 2.88 bits per heavy atom. The zero-order valence-electron chi connectivity index (χ0n) is 14.7. The van der Waals surface area contributed by atoms with Crippen molar-refractivity contribution in [2.45, 2.75) is 31.3 Å². The van der Waals surface area contributed by atoms with Crippen LogP contribution in [0, 0.1) is 0 Å². The number of hydrogen-bond donors (Lipinski definition) is 2. The van der Waals surface area contributed by atoms with Gasteiger partial charge in [-0.05, 0) is 42.8 Å². The molecule has 1 aliphatic heterocycles. The molecule has 2 aromatic rings. The third kappa shape index (κ3) is 5.79. The van der Waals surface area contributed by atoms with E-state index in [0.717, 1.165) is 32.5 Å². The van der Waals surface area contributed by atoms with Crippen LogP contribution >= 0.6 is 11.3 Å². The van der Waals surface area contributed by atoms with Gasteiger partial charge < -0.3 is 10.4 Å². The van der Waals surface area contributed by atoms with Crippen LogP contribution in [-0.2, 0) is 6.42 Å². The van der Waals surface area contributed by atoms with Gasteiger partial charge in [0.1, 0.15) is 0 Å². The third-order valence-electron chi connectivity index (χ3n) is 4.83. The van der Waals surface area contributed by atoms with Crippen molar-refractivity contribution in [2.75, 3.05) is 26.2 Å². The monoisotopic (exact) mass is 356 g/mol. The molecule has 4 heteroatoms. The molecule has 3 rings (SSSR count). The lowest BCUT2D eigenvalue weighted by atomic mass is 10.1. The minimum atomic E-state index is 0.277. The van der Waals surface area contributed by atoms with Crippen molar-refractivity contribution in [1.82, 2.24) is 10.2 Å². The number of benzene rings is 1. The van der Waals surface area contributed by atoms with E-state index in [1.165, 1.54) is 16.9 Å². The zero-order valence-corrected chi connectivity index (χ0v) is 15.5. The highest BCUT2D eigenvalue weighted by Crippen LogP contribution is 2.18. The van der Waals surface area contributed by atoms with Crippen LogP contribution in [0.25, 0.3) is 6.08 Å². The van der Waals surface area contributed by atoms with Gasteiger partial charge >= 0.3 is 0 Å². The molecular weight excluding hydrogens is 328 g/mol. The van der Waals surface area contributed by atoms with Gasteiger partial charge in [-0.1, -0.05) is 48.6 Å². The molecule has 2 atom stereocenters. The quantitative estimate of drug-likeness (QED) is 0.723. The van der Waals surface area contributed by atoms with Crippen molar-refractivity contribution in [3.8, 4) is 0 Å². The molecule has 25 heavy (non-hydrogen) atoms. The largest absolute Gasteiger partial charge is 0.395 e. The zero-order chi connectivity index (χ0) is 17.3. The molecule has 3 nitrogen and oxygen atoms in total. The van der Waals surface area contributed by atoms with Crippen molar-refractivity contribution in [3.05, 3.63) is 64.4 Å². The summed E-state index contributed by atoms with van der Waals surface area (Å²) in [6.07, 6.45) is 7.73. The van der Waals surface area contributed by atoms with E-state index in [1.807, 2.05) is 17.4 Å². The second-order valence-corrected chi connectivity index (χ2v) is 7.71. The average Bonchev–Trinajstić information content (AvgIpc) is 3.31. The van der Waals surface area contributed by atoms with Crippen molar-refractivity contribution < 1.29 is 5.11 Å². The van der Waals surface area contributed by atoms with Crippen LogP contribution in [0.2, 0.25) is 0 Å². The van der Waals surface area contributed by atoms with Gasteiger partial charge in [0.05, 0.1) is 6.61 Å². The van der Waals surface area contributed by atoms with Gasteiger partial charge in [-0.3, -0.25) is 4.90 Å². The van der Waals surface area contributed by atoms with Gasteiger partial charge in [0.25, 0.3) is 0 Å². The first-order valence-electron chi connectivity index (χ1n) is 9.17. The number of hydrogen-bond acceptors (Lipinski definition) is 4. The summed E-state index contributed by atoms with van der Waals surface area (Å²) >= 11 is 1.83. The molecule has 0 aliphatic carbocycles. The lowest BCUT2D eigenvalue weighted by Gasteiger charge is -2.28. The predicted octanol–water partition coefficient (Wildman–Crippen LogP) is 3.42. The van der Waals surface area contributed by atoms with Crippen LogP contribution in [0.5, 0.6) is 0 Å². The molecule has 0 spiro atoms. The number of nitrogens with zero attached hydrogens (tertiary/aromatic N) is 1. The number of aliphatic hydroxyl groups is 1. The normalized spacial score (nSPS) is 19.6. The van der Waals surface area contributed by atoms with Crippen LogP contribution in [0.1, 0.15) is 23.3 Å². The molecule has 2 unspecified atom stereocenters. The summed E-state index contributed by atoms with van der Waals surface area (Å²) in [6.45, 7) is 3.25. The van der Waals surface area contributed by atoms with E-state index in [0.29, 0.717) is 12.1 Å². The fourth-order valence-corrected chi connectivity index (χ4v) is 4.28. The van der Waals surface area contributed by atoms with Crippen LogP contribution in [0.3, 0.4) is 0 Å². The summed E-state index contributed by atoms with van der Waals surface area (Å²) in [5.41, 5.74) is 1.24. The van der Waals surface area contributed by atoms with Gasteiger partial charge in [0.2, 0.25) is 0 Å². The number of nitrogens with one attached hydrogen (secondary N) is 1. The first-order chi connectivity index (χ1) is 12.3. The van der Waals surface area contributed by atoms with E-state index < -0.39 is 0 Å². The molecule has 1 aromatic carbocycles. The topological polar surface area (TPSA) is 35.5 Å². The molecule has 0 bridgehead atoms. The Hall–Kier alpha value is -1.46. The maximum atomic E-state index is 9.58. The van der Waals surface area contributed by atoms with Gasteiger partial charge in [0, 0.05) is 30.1 Å². The Kier molecular flexibility index (Phi) is 7.24. The fourth-order valence-electron chi connectivity index (χ4n) is 3.49. The van der Waals surface area contributed by atoms with Crippen molar-refractivity contribution in [2.24, 2.45) is 0 Å². The van der Waals surface area contributed by atoms with Gasteiger partial charge in [0.15, 0.2) is 0 Å². The molecule has 134 valence electrons. The number of aliphatic hydroxyl groups excluding tert-OH is 1. The predicted molar refractivity (Wildman–Crippen MR) is 107 cm³/mol. The Balaban J connectivity index is 1.55. The summed E-state index contributed by atoms with van der Waals surface area (Å²) in [7, 11) is 0.